The largest absolute Gasteiger partial charge is 0.493 e. The van der Waals surface area contributed by atoms with E-state index in [0.717, 1.165) is 5.69 Å². The summed E-state index contributed by atoms with van der Waals surface area (Å²) in [7, 11) is 0. The number of ether oxygens (including phenoxy) is 2. The average Bonchev–Trinajstić information content (AvgIpc) is 2.80. The van der Waals surface area contributed by atoms with E-state index in [1.165, 1.54) is 12.1 Å². The highest BCUT2D eigenvalue weighted by molar-refractivity contribution is 6.18. The SMILES string of the molecule is O=C(Nc1ccc(N(CCCl)CCCl)cc1)OCCc1ccc([N+](=O)[O-])cc1OCCCO. The van der Waals surface area contributed by atoms with Gasteiger partial charge in [0.15, 0.2) is 0 Å². The van der Waals surface area contributed by atoms with Crippen molar-refractivity contribution in [3.63, 3.8) is 0 Å². The maximum absolute atomic E-state index is 12.1. The van der Waals surface area contributed by atoms with Gasteiger partial charge in [0.25, 0.3) is 5.69 Å². The lowest BCUT2D eigenvalue weighted by Crippen LogP contribution is -2.27. The van der Waals surface area contributed by atoms with E-state index in [1.807, 2.05) is 17.0 Å². The molecule has 0 aromatic heterocycles. The van der Waals surface area contributed by atoms with E-state index in [0.29, 0.717) is 54.7 Å². The van der Waals surface area contributed by atoms with Gasteiger partial charge in [-0.15, -0.1) is 23.2 Å². The number of carbonyl (C=O) groups excluding carboxylic acids is 1. The summed E-state index contributed by atoms with van der Waals surface area (Å²) in [6, 6.07) is 11.5. The van der Waals surface area contributed by atoms with Crippen LogP contribution in [0.4, 0.5) is 21.9 Å². The van der Waals surface area contributed by atoms with Crippen molar-refractivity contribution in [1.29, 1.82) is 0 Å². The van der Waals surface area contributed by atoms with Gasteiger partial charge in [-0.3, -0.25) is 15.4 Å². The minimum Gasteiger partial charge on any atom is -0.493 e. The lowest BCUT2D eigenvalue weighted by atomic mass is 10.1. The Balaban J connectivity index is 1.90. The van der Waals surface area contributed by atoms with Gasteiger partial charge in [0.2, 0.25) is 0 Å². The Hall–Kier alpha value is -2.75. The number of nitrogens with zero attached hydrogens (tertiary/aromatic N) is 2. The molecular formula is C22H27Cl2N3O6. The summed E-state index contributed by atoms with van der Waals surface area (Å²) in [5.41, 5.74) is 2.08. The molecule has 0 spiro atoms. The van der Waals surface area contributed by atoms with E-state index in [4.69, 9.17) is 37.8 Å². The van der Waals surface area contributed by atoms with Crippen LogP contribution in [0.5, 0.6) is 5.75 Å². The van der Waals surface area contributed by atoms with Crippen molar-refractivity contribution in [1.82, 2.24) is 0 Å². The molecule has 0 aliphatic carbocycles. The van der Waals surface area contributed by atoms with Crippen LogP contribution in [0.1, 0.15) is 12.0 Å². The van der Waals surface area contributed by atoms with Crippen LogP contribution in [-0.2, 0) is 11.2 Å². The van der Waals surface area contributed by atoms with E-state index in [9.17, 15) is 14.9 Å². The summed E-state index contributed by atoms with van der Waals surface area (Å²) in [5.74, 6) is 1.29. The van der Waals surface area contributed by atoms with Crippen molar-refractivity contribution in [2.45, 2.75) is 12.8 Å². The number of nitro benzene ring substituents is 1. The predicted molar refractivity (Wildman–Crippen MR) is 129 cm³/mol. The standard InChI is InChI=1S/C22H27Cl2N3O6/c23-9-11-26(12-10-24)19-6-3-18(4-7-19)25-22(29)33-15-8-17-2-5-20(27(30)31)16-21(17)32-14-1-13-28/h2-7,16,28H,1,8-15H2,(H,25,29). The summed E-state index contributed by atoms with van der Waals surface area (Å²) in [6.07, 6.45) is 0.0887. The number of halogens is 2. The fraction of sp³-hybridized carbons (Fsp3) is 0.409. The summed E-state index contributed by atoms with van der Waals surface area (Å²) in [5, 5.41) is 22.6. The first kappa shape index (κ1) is 26.5. The molecule has 0 atom stereocenters. The van der Waals surface area contributed by atoms with Gasteiger partial charge in [-0.25, -0.2) is 4.79 Å². The first-order valence-corrected chi connectivity index (χ1v) is 11.5. The van der Waals surface area contributed by atoms with E-state index in [1.54, 1.807) is 18.2 Å². The Morgan fingerprint density at radius 3 is 2.39 bits per heavy atom. The number of alkyl halides is 2. The number of nitrogens with one attached hydrogen (secondary N) is 1. The fourth-order valence-electron chi connectivity index (χ4n) is 2.98. The number of amides is 1. The maximum Gasteiger partial charge on any atom is 0.411 e. The molecule has 0 saturated heterocycles. The highest BCUT2D eigenvalue weighted by atomic mass is 35.5. The van der Waals surface area contributed by atoms with Crippen LogP contribution in [0, 0.1) is 10.1 Å². The van der Waals surface area contributed by atoms with Crippen LogP contribution >= 0.6 is 23.2 Å². The molecule has 0 aliphatic rings. The van der Waals surface area contributed by atoms with Gasteiger partial charge in [-0.05, 0) is 35.9 Å². The first-order chi connectivity index (χ1) is 16.0. The number of aliphatic hydroxyl groups is 1. The zero-order chi connectivity index (χ0) is 24.1. The molecule has 180 valence electrons. The molecule has 2 rings (SSSR count). The Morgan fingerprint density at radius 1 is 1.09 bits per heavy atom. The van der Waals surface area contributed by atoms with Gasteiger partial charge in [-0.2, -0.15) is 0 Å². The first-order valence-electron chi connectivity index (χ1n) is 10.4. The average molecular weight is 500 g/mol. The van der Waals surface area contributed by atoms with Gasteiger partial charge in [0.1, 0.15) is 5.75 Å². The summed E-state index contributed by atoms with van der Waals surface area (Å²) in [6.45, 7) is 1.55. The Bertz CT molecular complexity index is 892. The van der Waals surface area contributed by atoms with Crippen molar-refractivity contribution in [2.24, 2.45) is 0 Å². The molecule has 0 heterocycles. The molecule has 11 heteroatoms. The number of anilines is 2. The minimum absolute atomic E-state index is 0.0496. The van der Waals surface area contributed by atoms with Crippen LogP contribution in [0.3, 0.4) is 0 Å². The monoisotopic (exact) mass is 499 g/mol. The van der Waals surface area contributed by atoms with Crippen LogP contribution in [0.25, 0.3) is 0 Å². The molecule has 2 aromatic rings. The van der Waals surface area contributed by atoms with Gasteiger partial charge in [0.05, 0.1) is 24.2 Å². The number of rotatable bonds is 14. The van der Waals surface area contributed by atoms with Crippen molar-refractivity contribution >= 4 is 46.4 Å². The second-order valence-corrected chi connectivity index (χ2v) is 7.65. The number of benzene rings is 2. The van der Waals surface area contributed by atoms with E-state index >= 15 is 0 Å². The molecule has 0 radical (unpaired) electrons. The van der Waals surface area contributed by atoms with Crippen LogP contribution in [-0.4, -0.2) is 60.8 Å². The normalized spacial score (nSPS) is 10.5. The molecule has 33 heavy (non-hydrogen) atoms. The lowest BCUT2D eigenvalue weighted by Gasteiger charge is -2.23. The molecule has 9 nitrogen and oxygen atoms in total. The second-order valence-electron chi connectivity index (χ2n) is 6.90. The molecule has 1 amide bonds. The van der Waals surface area contributed by atoms with Gasteiger partial charge in [0, 0.05) is 61.7 Å². The zero-order valence-electron chi connectivity index (χ0n) is 18.0. The number of hydrogen-bond donors (Lipinski definition) is 2. The van der Waals surface area contributed by atoms with E-state index in [-0.39, 0.29) is 25.5 Å². The third-order valence-electron chi connectivity index (χ3n) is 4.61. The number of nitro groups is 1. The van der Waals surface area contributed by atoms with Crippen molar-refractivity contribution in [3.8, 4) is 5.75 Å². The summed E-state index contributed by atoms with van der Waals surface area (Å²) in [4.78, 5) is 24.7. The quantitative estimate of drug-likeness (QED) is 0.171. The second kappa shape index (κ2) is 14.4. The van der Waals surface area contributed by atoms with E-state index < -0.39 is 11.0 Å². The third kappa shape index (κ3) is 8.95. The smallest absolute Gasteiger partial charge is 0.411 e. The molecule has 0 unspecified atom stereocenters. The van der Waals surface area contributed by atoms with Gasteiger partial charge < -0.3 is 19.5 Å². The van der Waals surface area contributed by atoms with Gasteiger partial charge >= 0.3 is 6.09 Å². The highest BCUT2D eigenvalue weighted by Crippen LogP contribution is 2.26. The Kier molecular flexibility index (Phi) is 11.6. The molecule has 2 N–H and O–H groups in total. The zero-order valence-corrected chi connectivity index (χ0v) is 19.6. The summed E-state index contributed by atoms with van der Waals surface area (Å²) < 4.78 is 10.8. The minimum atomic E-state index is -0.620. The molecule has 0 bridgehead atoms. The van der Waals surface area contributed by atoms with Crippen molar-refractivity contribution < 1.29 is 24.3 Å². The Morgan fingerprint density at radius 2 is 1.79 bits per heavy atom. The lowest BCUT2D eigenvalue weighted by molar-refractivity contribution is -0.385. The van der Waals surface area contributed by atoms with Gasteiger partial charge in [-0.1, -0.05) is 0 Å². The fourth-order valence-corrected chi connectivity index (χ4v) is 3.39. The number of aliphatic hydroxyl groups excluding tert-OH is 1. The third-order valence-corrected chi connectivity index (χ3v) is 4.95. The number of carbonyl (C=O) groups is 1. The highest BCUT2D eigenvalue weighted by Gasteiger charge is 2.13. The molecule has 2 aromatic carbocycles. The maximum atomic E-state index is 12.1. The van der Waals surface area contributed by atoms with Crippen LogP contribution < -0.4 is 15.0 Å². The molecule has 0 aliphatic heterocycles. The van der Waals surface area contributed by atoms with Crippen molar-refractivity contribution in [2.75, 3.05) is 54.9 Å². The number of hydrogen-bond acceptors (Lipinski definition) is 7. The van der Waals surface area contributed by atoms with Crippen LogP contribution in [0.15, 0.2) is 42.5 Å². The predicted octanol–water partition coefficient (Wildman–Crippen LogP) is 4.43. The van der Waals surface area contributed by atoms with Crippen LogP contribution in [0.2, 0.25) is 0 Å². The molecule has 0 fully saturated rings. The molecular weight excluding hydrogens is 473 g/mol. The molecule has 0 saturated carbocycles. The van der Waals surface area contributed by atoms with Crippen molar-refractivity contribution in [3.05, 3.63) is 58.1 Å². The summed E-state index contributed by atoms with van der Waals surface area (Å²) >= 11 is 11.7. The van der Waals surface area contributed by atoms with E-state index in [2.05, 4.69) is 5.32 Å². The topological polar surface area (TPSA) is 114 Å². The Labute approximate surface area is 202 Å². The number of non-ortho nitro benzene ring substituents is 1.